The Labute approximate surface area is 107 Å². The maximum absolute atomic E-state index is 10.8. The van der Waals surface area contributed by atoms with Gasteiger partial charge in [-0.05, 0) is 24.2 Å². The third-order valence-electron chi connectivity index (χ3n) is 2.72. The van der Waals surface area contributed by atoms with Crippen LogP contribution in [0.15, 0.2) is 24.3 Å². The van der Waals surface area contributed by atoms with Gasteiger partial charge in [0.15, 0.2) is 0 Å². The van der Waals surface area contributed by atoms with Crippen molar-refractivity contribution in [2.24, 2.45) is 5.92 Å². The van der Waals surface area contributed by atoms with Gasteiger partial charge in [0.25, 0.3) is 0 Å². The minimum absolute atomic E-state index is 0.345. The number of hydrogen-bond acceptors (Lipinski definition) is 2. The predicted octanol–water partition coefficient (Wildman–Crippen LogP) is 2.88. The molecule has 0 heterocycles. The summed E-state index contributed by atoms with van der Waals surface area (Å²) in [6.07, 6.45) is 0. The fourth-order valence-electron chi connectivity index (χ4n) is 1.62. The molecule has 1 atom stereocenters. The van der Waals surface area contributed by atoms with Crippen molar-refractivity contribution in [2.45, 2.75) is 20.4 Å². The van der Waals surface area contributed by atoms with Crippen molar-refractivity contribution >= 4 is 17.6 Å². The van der Waals surface area contributed by atoms with Crippen molar-refractivity contribution in [2.75, 3.05) is 13.1 Å². The fourth-order valence-corrected chi connectivity index (χ4v) is 1.74. The van der Waals surface area contributed by atoms with E-state index in [-0.39, 0.29) is 5.92 Å². The highest BCUT2D eigenvalue weighted by Gasteiger charge is 2.15. The second-order valence-corrected chi connectivity index (χ2v) is 4.63. The van der Waals surface area contributed by atoms with E-state index >= 15 is 0 Å². The third kappa shape index (κ3) is 4.75. The van der Waals surface area contributed by atoms with E-state index in [4.69, 9.17) is 16.7 Å². The molecule has 0 aliphatic rings. The van der Waals surface area contributed by atoms with Crippen LogP contribution in [0.25, 0.3) is 0 Å². The topological polar surface area (TPSA) is 40.5 Å². The Kier molecular flexibility index (Phi) is 5.45. The molecule has 0 spiro atoms. The van der Waals surface area contributed by atoms with Gasteiger partial charge >= 0.3 is 5.97 Å². The largest absolute Gasteiger partial charge is 0.481 e. The molecule has 1 unspecified atom stereocenters. The van der Waals surface area contributed by atoms with E-state index in [1.807, 2.05) is 31.2 Å². The molecule has 0 aliphatic heterocycles. The minimum Gasteiger partial charge on any atom is -0.481 e. The third-order valence-corrected chi connectivity index (χ3v) is 2.97. The van der Waals surface area contributed by atoms with Crippen LogP contribution in [-0.2, 0) is 11.3 Å². The van der Waals surface area contributed by atoms with E-state index in [0.29, 0.717) is 6.54 Å². The van der Waals surface area contributed by atoms with Crippen molar-refractivity contribution in [1.82, 2.24) is 4.90 Å². The lowest BCUT2D eigenvalue weighted by molar-refractivity contribution is -0.141. The quantitative estimate of drug-likeness (QED) is 0.850. The van der Waals surface area contributed by atoms with Gasteiger partial charge in [0.2, 0.25) is 0 Å². The van der Waals surface area contributed by atoms with E-state index in [1.165, 1.54) is 0 Å². The summed E-state index contributed by atoms with van der Waals surface area (Å²) >= 11 is 5.82. The van der Waals surface area contributed by atoms with Crippen LogP contribution >= 0.6 is 11.6 Å². The summed E-state index contributed by atoms with van der Waals surface area (Å²) in [4.78, 5) is 12.9. The summed E-state index contributed by atoms with van der Waals surface area (Å²) in [5, 5.41) is 9.60. The lowest BCUT2D eigenvalue weighted by Crippen LogP contribution is -2.31. The second kappa shape index (κ2) is 6.62. The number of nitrogens with zero attached hydrogens (tertiary/aromatic N) is 1. The molecule has 0 saturated carbocycles. The van der Waals surface area contributed by atoms with Gasteiger partial charge in [0.1, 0.15) is 0 Å². The highest BCUT2D eigenvalue weighted by molar-refractivity contribution is 6.30. The fraction of sp³-hybridized carbons (Fsp3) is 0.462. The first-order valence-electron chi connectivity index (χ1n) is 5.72. The number of aliphatic carboxylic acids is 1. The van der Waals surface area contributed by atoms with E-state index < -0.39 is 5.97 Å². The molecule has 0 fully saturated rings. The van der Waals surface area contributed by atoms with Gasteiger partial charge in [0, 0.05) is 18.1 Å². The van der Waals surface area contributed by atoms with Crippen LogP contribution < -0.4 is 0 Å². The monoisotopic (exact) mass is 255 g/mol. The first-order chi connectivity index (χ1) is 8.02. The smallest absolute Gasteiger partial charge is 0.307 e. The molecular formula is C13H18ClNO2. The summed E-state index contributed by atoms with van der Waals surface area (Å²) in [7, 11) is 0. The molecule has 1 N–H and O–H groups in total. The predicted molar refractivity (Wildman–Crippen MR) is 69.2 cm³/mol. The molecule has 1 aromatic rings. The summed E-state index contributed by atoms with van der Waals surface area (Å²) in [5.74, 6) is -1.10. The Morgan fingerprint density at radius 3 is 2.47 bits per heavy atom. The maximum Gasteiger partial charge on any atom is 0.307 e. The second-order valence-electron chi connectivity index (χ2n) is 4.19. The van der Waals surface area contributed by atoms with Crippen molar-refractivity contribution in [3.8, 4) is 0 Å². The summed E-state index contributed by atoms with van der Waals surface area (Å²) < 4.78 is 0. The van der Waals surface area contributed by atoms with Crippen molar-refractivity contribution < 1.29 is 9.90 Å². The van der Waals surface area contributed by atoms with Crippen molar-refractivity contribution in [3.63, 3.8) is 0 Å². The van der Waals surface area contributed by atoms with Crippen molar-refractivity contribution in [1.29, 1.82) is 0 Å². The molecule has 0 saturated heterocycles. The van der Waals surface area contributed by atoms with E-state index in [1.54, 1.807) is 6.92 Å². The number of rotatable bonds is 6. The summed E-state index contributed by atoms with van der Waals surface area (Å²) in [6.45, 7) is 5.91. The minimum atomic E-state index is -0.750. The first kappa shape index (κ1) is 14.0. The number of carboxylic acid groups (broad SMARTS) is 1. The molecule has 0 aliphatic carbocycles. The van der Waals surface area contributed by atoms with Crippen LogP contribution in [0.4, 0.5) is 0 Å². The molecule has 3 nitrogen and oxygen atoms in total. The zero-order chi connectivity index (χ0) is 12.8. The molecule has 17 heavy (non-hydrogen) atoms. The molecule has 0 radical (unpaired) electrons. The van der Waals surface area contributed by atoms with Gasteiger partial charge < -0.3 is 5.11 Å². The van der Waals surface area contributed by atoms with Crippen LogP contribution in [0.5, 0.6) is 0 Å². The van der Waals surface area contributed by atoms with Gasteiger partial charge in [-0.2, -0.15) is 0 Å². The average molecular weight is 256 g/mol. The van der Waals surface area contributed by atoms with E-state index in [0.717, 1.165) is 23.7 Å². The lowest BCUT2D eigenvalue weighted by Gasteiger charge is -2.22. The van der Waals surface area contributed by atoms with Gasteiger partial charge in [-0.15, -0.1) is 0 Å². The maximum atomic E-state index is 10.8. The van der Waals surface area contributed by atoms with Crippen LogP contribution in [0.1, 0.15) is 19.4 Å². The SMILES string of the molecule is CCN(Cc1ccc(Cl)cc1)CC(C)C(=O)O. The summed E-state index contributed by atoms with van der Waals surface area (Å²) in [5.41, 5.74) is 1.15. The van der Waals surface area contributed by atoms with Crippen LogP contribution in [0.3, 0.4) is 0 Å². The summed E-state index contributed by atoms with van der Waals surface area (Å²) in [6, 6.07) is 7.64. The normalized spacial score (nSPS) is 12.7. The molecule has 1 rings (SSSR count). The zero-order valence-corrected chi connectivity index (χ0v) is 10.9. The van der Waals surface area contributed by atoms with Crippen LogP contribution in [-0.4, -0.2) is 29.1 Å². The average Bonchev–Trinajstić information content (AvgIpc) is 2.30. The Hall–Kier alpha value is -1.06. The molecule has 0 amide bonds. The Bertz CT molecular complexity index is 364. The van der Waals surface area contributed by atoms with Gasteiger partial charge in [-0.3, -0.25) is 9.69 Å². The first-order valence-corrected chi connectivity index (χ1v) is 6.10. The number of carboxylic acids is 1. The standard InChI is InChI=1S/C13H18ClNO2/c1-3-15(8-10(2)13(16)17)9-11-4-6-12(14)7-5-11/h4-7,10H,3,8-9H2,1-2H3,(H,16,17). The molecule has 1 aromatic carbocycles. The number of hydrogen-bond donors (Lipinski definition) is 1. The zero-order valence-electron chi connectivity index (χ0n) is 10.2. The number of carbonyl (C=O) groups is 1. The molecule has 4 heteroatoms. The molecule has 94 valence electrons. The number of benzene rings is 1. The molecule has 0 bridgehead atoms. The highest BCUT2D eigenvalue weighted by atomic mass is 35.5. The van der Waals surface area contributed by atoms with E-state index in [2.05, 4.69) is 4.90 Å². The molecule has 0 aromatic heterocycles. The highest BCUT2D eigenvalue weighted by Crippen LogP contribution is 2.12. The van der Waals surface area contributed by atoms with Gasteiger partial charge in [-0.25, -0.2) is 0 Å². The Balaban J connectivity index is 2.57. The lowest BCUT2D eigenvalue weighted by atomic mass is 10.1. The van der Waals surface area contributed by atoms with Crippen LogP contribution in [0.2, 0.25) is 5.02 Å². The van der Waals surface area contributed by atoms with Crippen LogP contribution in [0, 0.1) is 5.92 Å². The van der Waals surface area contributed by atoms with Crippen molar-refractivity contribution in [3.05, 3.63) is 34.9 Å². The van der Waals surface area contributed by atoms with E-state index in [9.17, 15) is 4.79 Å². The Morgan fingerprint density at radius 1 is 1.41 bits per heavy atom. The molecular weight excluding hydrogens is 238 g/mol. The Morgan fingerprint density at radius 2 is 2.00 bits per heavy atom. The number of halogens is 1. The van der Waals surface area contributed by atoms with Gasteiger partial charge in [-0.1, -0.05) is 37.6 Å². The van der Waals surface area contributed by atoms with Gasteiger partial charge in [0.05, 0.1) is 5.92 Å².